The molecule has 1 aliphatic rings. The number of rotatable bonds is 2. The zero-order chi connectivity index (χ0) is 12.3. The second-order valence-electron chi connectivity index (χ2n) is 3.57. The van der Waals surface area contributed by atoms with Crippen LogP contribution in [-0.2, 0) is 9.53 Å². The average Bonchev–Trinajstić information content (AvgIpc) is 2.38. The number of benzene rings is 1. The molecule has 0 spiro atoms. The van der Waals surface area contributed by atoms with Gasteiger partial charge in [-0.3, -0.25) is 0 Å². The minimum atomic E-state index is -0.819. The minimum absolute atomic E-state index is 0.0913. The number of fused-ring (bicyclic) bond motifs is 1. The number of carbonyl (C=O) groups is 1. The van der Waals surface area contributed by atoms with E-state index in [-0.39, 0.29) is 6.61 Å². The molecule has 0 N–H and O–H groups in total. The van der Waals surface area contributed by atoms with Crippen LogP contribution < -0.4 is 9.47 Å². The fourth-order valence-electron chi connectivity index (χ4n) is 1.41. The predicted molar refractivity (Wildman–Crippen MR) is 57.5 cm³/mol. The third kappa shape index (κ3) is 2.48. The van der Waals surface area contributed by atoms with E-state index in [1.165, 1.54) is 6.92 Å². The van der Waals surface area contributed by atoms with Crippen LogP contribution in [0.25, 0.3) is 0 Å². The van der Waals surface area contributed by atoms with Crippen molar-refractivity contribution < 1.29 is 19.0 Å². The van der Waals surface area contributed by atoms with Crippen molar-refractivity contribution in [1.82, 2.24) is 0 Å². The van der Waals surface area contributed by atoms with Gasteiger partial charge < -0.3 is 14.2 Å². The van der Waals surface area contributed by atoms with E-state index >= 15 is 0 Å². The summed E-state index contributed by atoms with van der Waals surface area (Å²) in [5, 5.41) is 8.54. The molecule has 5 heteroatoms. The van der Waals surface area contributed by atoms with Crippen LogP contribution >= 0.6 is 0 Å². The summed E-state index contributed by atoms with van der Waals surface area (Å²) in [6.45, 7) is 1.59. The largest absolute Gasteiger partial charge is 0.485 e. The SMILES string of the molecule is C[C@H](C#N)OC(=O)[C@@H]1COc2ccccc2O1. The highest BCUT2D eigenvalue weighted by molar-refractivity contribution is 5.76. The van der Waals surface area contributed by atoms with Crippen molar-refractivity contribution in [2.75, 3.05) is 6.61 Å². The summed E-state index contributed by atoms with van der Waals surface area (Å²) in [6.07, 6.45) is -1.61. The summed E-state index contributed by atoms with van der Waals surface area (Å²) in [5.41, 5.74) is 0. The van der Waals surface area contributed by atoms with E-state index in [0.717, 1.165) is 0 Å². The fraction of sp³-hybridized carbons (Fsp3) is 0.333. The van der Waals surface area contributed by atoms with Gasteiger partial charge in [0.2, 0.25) is 6.10 Å². The van der Waals surface area contributed by atoms with Gasteiger partial charge in [-0.05, 0) is 19.1 Å². The topological polar surface area (TPSA) is 68.5 Å². The standard InChI is InChI=1S/C12H11NO4/c1-8(6-13)16-12(14)11-7-15-9-4-2-3-5-10(9)17-11/h2-5,8,11H,7H2,1H3/t8-,11+/m1/s1. The van der Waals surface area contributed by atoms with Crippen molar-refractivity contribution in [3.8, 4) is 17.6 Å². The minimum Gasteiger partial charge on any atom is -0.485 e. The first-order chi connectivity index (χ1) is 8.20. The molecular formula is C12H11NO4. The molecule has 0 saturated carbocycles. The number of esters is 1. The molecular weight excluding hydrogens is 222 g/mol. The first-order valence-corrected chi connectivity index (χ1v) is 5.19. The quantitative estimate of drug-likeness (QED) is 0.720. The van der Waals surface area contributed by atoms with Crippen LogP contribution in [0.2, 0.25) is 0 Å². The molecule has 0 bridgehead atoms. The van der Waals surface area contributed by atoms with E-state index in [1.807, 2.05) is 12.1 Å². The summed E-state index contributed by atoms with van der Waals surface area (Å²) in [4.78, 5) is 11.6. The van der Waals surface area contributed by atoms with Crippen LogP contribution in [0.4, 0.5) is 0 Å². The van der Waals surface area contributed by atoms with Crippen LogP contribution in [0.3, 0.4) is 0 Å². The molecule has 2 rings (SSSR count). The molecule has 88 valence electrons. The molecule has 1 aromatic rings. The zero-order valence-electron chi connectivity index (χ0n) is 9.25. The van der Waals surface area contributed by atoms with Crippen molar-refractivity contribution >= 4 is 5.97 Å². The highest BCUT2D eigenvalue weighted by Gasteiger charge is 2.29. The Bertz CT molecular complexity index is 466. The maximum Gasteiger partial charge on any atom is 0.352 e. The van der Waals surface area contributed by atoms with Crippen LogP contribution in [0.1, 0.15) is 6.92 Å². The molecule has 0 aliphatic carbocycles. The average molecular weight is 233 g/mol. The summed E-state index contributed by atoms with van der Waals surface area (Å²) in [5.74, 6) is 0.517. The molecule has 0 fully saturated rings. The van der Waals surface area contributed by atoms with Gasteiger partial charge in [-0.15, -0.1) is 0 Å². The Balaban J connectivity index is 2.03. The van der Waals surface area contributed by atoms with Crippen molar-refractivity contribution in [2.24, 2.45) is 0 Å². The summed E-state index contributed by atoms with van der Waals surface area (Å²) in [7, 11) is 0. The third-order valence-corrected chi connectivity index (χ3v) is 2.25. The maximum atomic E-state index is 11.6. The molecule has 2 atom stereocenters. The van der Waals surface area contributed by atoms with E-state index in [9.17, 15) is 4.79 Å². The lowest BCUT2D eigenvalue weighted by Gasteiger charge is -2.25. The lowest BCUT2D eigenvalue weighted by atomic mass is 10.2. The number of para-hydroxylation sites is 2. The molecule has 5 nitrogen and oxygen atoms in total. The number of hydrogen-bond acceptors (Lipinski definition) is 5. The van der Waals surface area contributed by atoms with Gasteiger partial charge in [0.15, 0.2) is 17.6 Å². The van der Waals surface area contributed by atoms with Gasteiger partial charge in [-0.1, -0.05) is 12.1 Å². The smallest absolute Gasteiger partial charge is 0.352 e. The number of nitrogens with zero attached hydrogens (tertiary/aromatic N) is 1. The normalized spacial score (nSPS) is 18.9. The monoisotopic (exact) mass is 233 g/mol. The van der Waals surface area contributed by atoms with Crippen molar-refractivity contribution in [2.45, 2.75) is 19.1 Å². The van der Waals surface area contributed by atoms with Gasteiger partial charge in [-0.2, -0.15) is 5.26 Å². The molecule has 17 heavy (non-hydrogen) atoms. The Morgan fingerprint density at radius 3 is 2.94 bits per heavy atom. The Kier molecular flexibility index (Phi) is 3.15. The van der Waals surface area contributed by atoms with Crippen molar-refractivity contribution in [3.63, 3.8) is 0 Å². The van der Waals surface area contributed by atoms with Gasteiger partial charge in [0.25, 0.3) is 0 Å². The molecule has 0 aromatic heterocycles. The highest BCUT2D eigenvalue weighted by atomic mass is 16.6. The van der Waals surface area contributed by atoms with E-state index in [1.54, 1.807) is 18.2 Å². The van der Waals surface area contributed by atoms with E-state index < -0.39 is 18.2 Å². The van der Waals surface area contributed by atoms with E-state index in [4.69, 9.17) is 19.5 Å². The van der Waals surface area contributed by atoms with Gasteiger partial charge in [0, 0.05) is 0 Å². The van der Waals surface area contributed by atoms with Gasteiger partial charge in [0.1, 0.15) is 12.7 Å². The number of nitriles is 1. The van der Waals surface area contributed by atoms with Crippen LogP contribution in [-0.4, -0.2) is 24.8 Å². The lowest BCUT2D eigenvalue weighted by molar-refractivity contribution is -0.156. The highest BCUT2D eigenvalue weighted by Crippen LogP contribution is 2.31. The van der Waals surface area contributed by atoms with Gasteiger partial charge in [-0.25, -0.2) is 4.79 Å². The Hall–Kier alpha value is -2.22. The second kappa shape index (κ2) is 4.74. The lowest BCUT2D eigenvalue weighted by Crippen LogP contribution is -2.39. The molecule has 1 heterocycles. The number of carbonyl (C=O) groups excluding carboxylic acids is 1. The zero-order valence-corrected chi connectivity index (χ0v) is 9.25. The van der Waals surface area contributed by atoms with Crippen LogP contribution in [0.15, 0.2) is 24.3 Å². The van der Waals surface area contributed by atoms with Gasteiger partial charge >= 0.3 is 5.97 Å². The van der Waals surface area contributed by atoms with Crippen LogP contribution in [0.5, 0.6) is 11.5 Å². The molecule has 1 aromatic carbocycles. The predicted octanol–water partition coefficient (Wildman–Crippen LogP) is 1.28. The first kappa shape index (κ1) is 11.3. The second-order valence-corrected chi connectivity index (χ2v) is 3.57. The molecule has 0 amide bonds. The van der Waals surface area contributed by atoms with Gasteiger partial charge in [0.05, 0.1) is 0 Å². The Morgan fingerprint density at radius 1 is 1.53 bits per heavy atom. The molecule has 0 unspecified atom stereocenters. The Labute approximate surface area is 98.5 Å². The molecule has 0 saturated heterocycles. The van der Waals surface area contributed by atoms with Crippen molar-refractivity contribution in [3.05, 3.63) is 24.3 Å². The molecule has 0 radical (unpaired) electrons. The van der Waals surface area contributed by atoms with E-state index in [0.29, 0.717) is 11.5 Å². The fourth-order valence-corrected chi connectivity index (χ4v) is 1.41. The van der Waals surface area contributed by atoms with Crippen molar-refractivity contribution in [1.29, 1.82) is 5.26 Å². The number of hydrogen-bond donors (Lipinski definition) is 0. The summed E-state index contributed by atoms with van der Waals surface area (Å²) in [6, 6.07) is 8.89. The van der Waals surface area contributed by atoms with Crippen LogP contribution in [0, 0.1) is 11.3 Å². The first-order valence-electron chi connectivity index (χ1n) is 5.19. The summed E-state index contributed by atoms with van der Waals surface area (Å²) >= 11 is 0. The number of ether oxygens (including phenoxy) is 3. The molecule has 1 aliphatic heterocycles. The van der Waals surface area contributed by atoms with E-state index in [2.05, 4.69) is 0 Å². The summed E-state index contributed by atoms with van der Waals surface area (Å²) < 4.78 is 15.6. The Morgan fingerprint density at radius 2 is 2.24 bits per heavy atom. The third-order valence-electron chi connectivity index (χ3n) is 2.25. The maximum absolute atomic E-state index is 11.6.